The summed E-state index contributed by atoms with van der Waals surface area (Å²) in [5.41, 5.74) is 4.53. The molecule has 0 bridgehead atoms. The molecule has 0 aliphatic heterocycles. The van der Waals surface area contributed by atoms with Gasteiger partial charge in [-0.05, 0) is 6.08 Å². The van der Waals surface area contributed by atoms with Gasteiger partial charge < -0.3 is 10.9 Å². The third-order valence-corrected chi connectivity index (χ3v) is 0.201. The van der Waals surface area contributed by atoms with Gasteiger partial charge >= 0.3 is 0 Å². The van der Waals surface area contributed by atoms with E-state index in [2.05, 4.69) is 24.2 Å². The van der Waals surface area contributed by atoms with Crippen LogP contribution < -0.4 is 5.73 Å². The van der Waals surface area contributed by atoms with Gasteiger partial charge in [0.1, 0.15) is 0 Å². The summed E-state index contributed by atoms with van der Waals surface area (Å²) in [6, 6.07) is 0. The van der Waals surface area contributed by atoms with E-state index < -0.39 is 5.91 Å². The molecule has 46 valence electrons. The molecule has 4 heteroatoms. The third kappa shape index (κ3) is 137. The Bertz CT molecular complexity index is 90.0. The Morgan fingerprint density at radius 3 is 2.00 bits per heavy atom. The van der Waals surface area contributed by atoms with Crippen molar-refractivity contribution in [1.29, 1.82) is 0 Å². The molecule has 0 aromatic heterocycles. The molecule has 0 atom stereocenters. The first kappa shape index (κ1) is 9.84. The number of hydrogen-bond acceptors (Lipinski definition) is 3. The van der Waals surface area contributed by atoms with Gasteiger partial charge in [-0.25, -0.2) is 0 Å². The Hall–Kier alpha value is -1.32. The molecular formula is C4H8N2O2. The number of rotatable bonds is 1. The minimum Gasteiger partial charge on any atom is -0.411 e. The van der Waals surface area contributed by atoms with E-state index in [4.69, 9.17) is 5.21 Å². The number of amides is 1. The number of carbonyl (C=O) groups excluding carboxylic acids is 1. The fourth-order valence-corrected chi connectivity index (χ4v) is 0. The molecule has 0 rings (SSSR count). The van der Waals surface area contributed by atoms with Crippen molar-refractivity contribution in [3.63, 3.8) is 0 Å². The molecular weight excluding hydrogens is 108 g/mol. The van der Waals surface area contributed by atoms with Gasteiger partial charge in [0.2, 0.25) is 5.91 Å². The number of hydrogen-bond donors (Lipinski definition) is 2. The van der Waals surface area contributed by atoms with E-state index in [0.29, 0.717) is 0 Å². The number of oxime groups is 1. The number of nitrogens with two attached hydrogens (primary N) is 1. The highest BCUT2D eigenvalue weighted by Gasteiger charge is 1.69. The molecule has 1 amide bonds. The van der Waals surface area contributed by atoms with E-state index in [9.17, 15) is 4.79 Å². The monoisotopic (exact) mass is 116 g/mol. The summed E-state index contributed by atoms with van der Waals surface area (Å²) in [6.45, 7) is 5.75. The SMILES string of the molecule is C=CC(N)=O.C=NO. The van der Waals surface area contributed by atoms with Gasteiger partial charge in [-0.3, -0.25) is 4.79 Å². The molecule has 0 spiro atoms. The molecule has 0 saturated heterocycles. The Morgan fingerprint density at radius 2 is 2.00 bits per heavy atom. The predicted molar refractivity (Wildman–Crippen MR) is 30.7 cm³/mol. The van der Waals surface area contributed by atoms with Crippen LogP contribution >= 0.6 is 0 Å². The number of carbonyl (C=O) groups is 1. The van der Waals surface area contributed by atoms with Crippen LogP contribution in [-0.4, -0.2) is 17.8 Å². The van der Waals surface area contributed by atoms with Crippen molar-refractivity contribution in [3.05, 3.63) is 12.7 Å². The Morgan fingerprint density at radius 1 is 1.88 bits per heavy atom. The van der Waals surface area contributed by atoms with Crippen LogP contribution in [0.25, 0.3) is 0 Å². The van der Waals surface area contributed by atoms with Crippen molar-refractivity contribution in [2.24, 2.45) is 10.9 Å². The fraction of sp³-hybridized carbons (Fsp3) is 0. The average Bonchev–Trinajstić information content (AvgIpc) is 1.69. The van der Waals surface area contributed by atoms with Crippen LogP contribution in [0.4, 0.5) is 0 Å². The summed E-state index contributed by atoms with van der Waals surface area (Å²) in [5.74, 6) is -0.481. The second-order valence-corrected chi connectivity index (χ2v) is 0.748. The summed E-state index contributed by atoms with van der Waals surface area (Å²) < 4.78 is 0. The summed E-state index contributed by atoms with van der Waals surface area (Å²) in [4.78, 5) is 9.47. The van der Waals surface area contributed by atoms with E-state index in [0.717, 1.165) is 6.08 Å². The highest BCUT2D eigenvalue weighted by atomic mass is 16.4. The summed E-state index contributed by atoms with van der Waals surface area (Å²) in [5, 5.41) is 9.33. The average molecular weight is 116 g/mol. The highest BCUT2D eigenvalue weighted by molar-refractivity contribution is 5.84. The number of nitrogens with zero attached hydrogens (tertiary/aromatic N) is 1. The van der Waals surface area contributed by atoms with Crippen LogP contribution in [0.15, 0.2) is 17.8 Å². The third-order valence-electron chi connectivity index (χ3n) is 0.201. The van der Waals surface area contributed by atoms with Gasteiger partial charge in [0.05, 0.1) is 0 Å². The number of primary amides is 1. The standard InChI is InChI=1S/C3H5NO.CH3NO/c1-2-3(4)5;1-2-3/h2H,1H2,(H2,4,5);3H,1H2. The Kier molecular flexibility index (Phi) is 11.3. The van der Waals surface area contributed by atoms with Gasteiger partial charge in [-0.1, -0.05) is 6.58 Å². The zero-order valence-corrected chi connectivity index (χ0v) is 4.37. The van der Waals surface area contributed by atoms with Crippen molar-refractivity contribution in [1.82, 2.24) is 0 Å². The molecule has 0 unspecified atom stereocenters. The quantitative estimate of drug-likeness (QED) is 0.214. The largest absolute Gasteiger partial charge is 0.411 e. The van der Waals surface area contributed by atoms with E-state index in [1.54, 1.807) is 0 Å². The van der Waals surface area contributed by atoms with Gasteiger partial charge in [0.25, 0.3) is 0 Å². The molecule has 0 radical (unpaired) electrons. The van der Waals surface area contributed by atoms with Crippen LogP contribution in [0.3, 0.4) is 0 Å². The van der Waals surface area contributed by atoms with Crippen molar-refractivity contribution in [2.75, 3.05) is 0 Å². The van der Waals surface area contributed by atoms with E-state index in [1.807, 2.05) is 0 Å². The molecule has 0 aliphatic rings. The summed E-state index contributed by atoms with van der Waals surface area (Å²) in [7, 11) is 0. The molecule has 0 fully saturated rings. The lowest BCUT2D eigenvalue weighted by molar-refractivity contribution is -0.113. The molecule has 0 saturated carbocycles. The lowest BCUT2D eigenvalue weighted by Gasteiger charge is -1.65. The second kappa shape index (κ2) is 9.19. The summed E-state index contributed by atoms with van der Waals surface area (Å²) >= 11 is 0. The zero-order valence-electron chi connectivity index (χ0n) is 4.37. The molecule has 0 aromatic rings. The van der Waals surface area contributed by atoms with Crippen LogP contribution in [0.1, 0.15) is 0 Å². The highest BCUT2D eigenvalue weighted by Crippen LogP contribution is 1.48. The van der Waals surface area contributed by atoms with Crippen molar-refractivity contribution in [3.8, 4) is 0 Å². The first-order valence-electron chi connectivity index (χ1n) is 1.71. The van der Waals surface area contributed by atoms with E-state index in [1.165, 1.54) is 0 Å². The second-order valence-electron chi connectivity index (χ2n) is 0.748. The Labute approximate surface area is 47.3 Å². The lowest BCUT2D eigenvalue weighted by Crippen LogP contribution is -2.04. The molecule has 0 heterocycles. The first-order valence-corrected chi connectivity index (χ1v) is 1.71. The van der Waals surface area contributed by atoms with Crippen LogP contribution in [0.5, 0.6) is 0 Å². The van der Waals surface area contributed by atoms with Gasteiger partial charge in [0, 0.05) is 6.72 Å². The van der Waals surface area contributed by atoms with Crippen molar-refractivity contribution in [2.45, 2.75) is 0 Å². The Balaban J connectivity index is 0. The van der Waals surface area contributed by atoms with Crippen LogP contribution in [-0.2, 0) is 4.79 Å². The minimum absolute atomic E-state index is 0.481. The first-order chi connectivity index (χ1) is 3.68. The normalized spacial score (nSPS) is 5.50. The van der Waals surface area contributed by atoms with Gasteiger partial charge in [-0.2, -0.15) is 0 Å². The lowest BCUT2D eigenvalue weighted by atomic mass is 10.6. The van der Waals surface area contributed by atoms with Crippen LogP contribution in [0, 0.1) is 0 Å². The molecule has 0 aliphatic carbocycles. The van der Waals surface area contributed by atoms with E-state index >= 15 is 0 Å². The minimum atomic E-state index is -0.481. The smallest absolute Gasteiger partial charge is 0.240 e. The summed E-state index contributed by atoms with van der Waals surface area (Å²) in [6.07, 6.45) is 1.06. The van der Waals surface area contributed by atoms with Crippen LogP contribution in [0.2, 0.25) is 0 Å². The maximum atomic E-state index is 9.47. The predicted octanol–water partition coefficient (Wildman–Crippen LogP) is -0.266. The maximum Gasteiger partial charge on any atom is 0.240 e. The fourth-order valence-electron chi connectivity index (χ4n) is 0. The van der Waals surface area contributed by atoms with E-state index in [-0.39, 0.29) is 0 Å². The molecule has 3 N–H and O–H groups in total. The van der Waals surface area contributed by atoms with Crippen molar-refractivity contribution < 1.29 is 10.0 Å². The zero-order chi connectivity index (χ0) is 6.99. The maximum absolute atomic E-state index is 9.47. The topological polar surface area (TPSA) is 75.7 Å². The van der Waals surface area contributed by atoms with Gasteiger partial charge in [0.15, 0.2) is 0 Å². The molecule has 0 aromatic carbocycles. The van der Waals surface area contributed by atoms with Crippen molar-refractivity contribution >= 4 is 12.6 Å². The van der Waals surface area contributed by atoms with Gasteiger partial charge in [-0.15, -0.1) is 5.16 Å². The molecule has 8 heavy (non-hydrogen) atoms. The molecule has 4 nitrogen and oxygen atoms in total.